The molecule has 2 heteroatoms. The van der Waals surface area contributed by atoms with E-state index in [9.17, 15) is 0 Å². The molecule has 0 spiro atoms. The van der Waals surface area contributed by atoms with E-state index in [1.165, 1.54) is 5.56 Å². The molecule has 0 unspecified atom stereocenters. The lowest BCUT2D eigenvalue weighted by atomic mass is 10.1. The summed E-state index contributed by atoms with van der Waals surface area (Å²) in [6, 6.07) is 14.2. The van der Waals surface area contributed by atoms with Crippen molar-refractivity contribution in [1.82, 2.24) is 0 Å². The third-order valence-electron chi connectivity index (χ3n) is 3.14. The van der Waals surface area contributed by atoms with Crippen molar-refractivity contribution in [3.8, 4) is 11.3 Å². The number of hydrogen-bond donors (Lipinski definition) is 1. The van der Waals surface area contributed by atoms with Crippen LogP contribution in [0.2, 0.25) is 0 Å². The van der Waals surface area contributed by atoms with Gasteiger partial charge in [-0.25, -0.2) is 0 Å². The highest BCUT2D eigenvalue weighted by Crippen LogP contribution is 2.32. The Kier molecular flexibility index (Phi) is 2.37. The van der Waals surface area contributed by atoms with Gasteiger partial charge in [-0.05, 0) is 49.7 Å². The van der Waals surface area contributed by atoms with Gasteiger partial charge < -0.3 is 10.2 Å². The van der Waals surface area contributed by atoms with Crippen LogP contribution < -0.4 is 5.73 Å². The summed E-state index contributed by atoms with van der Waals surface area (Å²) in [5, 5.41) is 1.12. The number of benzene rings is 2. The predicted molar refractivity (Wildman–Crippen MR) is 75.5 cm³/mol. The summed E-state index contributed by atoms with van der Waals surface area (Å²) in [6.07, 6.45) is 0. The van der Waals surface area contributed by atoms with Gasteiger partial charge in [-0.15, -0.1) is 0 Å². The molecule has 0 fully saturated rings. The minimum absolute atomic E-state index is 0.755. The van der Waals surface area contributed by atoms with E-state index in [-0.39, 0.29) is 0 Å². The van der Waals surface area contributed by atoms with Crippen LogP contribution in [0, 0.1) is 13.8 Å². The lowest BCUT2D eigenvalue weighted by Gasteiger charge is -2.02. The molecule has 0 aliphatic rings. The Balaban J connectivity index is 2.19. The summed E-state index contributed by atoms with van der Waals surface area (Å²) in [4.78, 5) is 0. The van der Waals surface area contributed by atoms with Crippen molar-refractivity contribution >= 4 is 16.7 Å². The predicted octanol–water partition coefficient (Wildman–Crippen LogP) is 4.30. The summed E-state index contributed by atoms with van der Waals surface area (Å²) < 4.78 is 5.85. The molecule has 0 aliphatic heterocycles. The molecule has 0 saturated heterocycles. The molecule has 1 aromatic heterocycles. The molecule has 0 amide bonds. The first-order valence-corrected chi connectivity index (χ1v) is 6.00. The van der Waals surface area contributed by atoms with E-state index in [1.807, 2.05) is 43.3 Å². The molecule has 2 N–H and O–H groups in total. The topological polar surface area (TPSA) is 39.2 Å². The molecule has 0 atom stereocenters. The van der Waals surface area contributed by atoms with Crippen LogP contribution in [0.15, 0.2) is 46.9 Å². The molecule has 0 aliphatic carbocycles. The third-order valence-corrected chi connectivity index (χ3v) is 3.14. The van der Waals surface area contributed by atoms with Gasteiger partial charge in [0.25, 0.3) is 0 Å². The van der Waals surface area contributed by atoms with Gasteiger partial charge in [0, 0.05) is 16.6 Å². The van der Waals surface area contributed by atoms with Gasteiger partial charge in [0.1, 0.15) is 11.3 Å². The van der Waals surface area contributed by atoms with Gasteiger partial charge >= 0.3 is 0 Å². The zero-order valence-corrected chi connectivity index (χ0v) is 10.5. The van der Waals surface area contributed by atoms with Crippen LogP contribution in [0.25, 0.3) is 22.3 Å². The number of rotatable bonds is 1. The van der Waals surface area contributed by atoms with Gasteiger partial charge in [0.05, 0.1) is 0 Å². The maximum atomic E-state index is 6.05. The molecule has 2 aromatic carbocycles. The Morgan fingerprint density at radius 3 is 2.39 bits per heavy atom. The van der Waals surface area contributed by atoms with E-state index in [1.54, 1.807) is 0 Å². The van der Waals surface area contributed by atoms with E-state index < -0.39 is 0 Å². The maximum absolute atomic E-state index is 6.05. The van der Waals surface area contributed by atoms with E-state index >= 15 is 0 Å². The molecule has 0 radical (unpaired) electrons. The zero-order chi connectivity index (χ0) is 12.7. The van der Waals surface area contributed by atoms with Crippen LogP contribution in [0.3, 0.4) is 0 Å². The quantitative estimate of drug-likeness (QED) is 0.641. The Hall–Kier alpha value is -2.22. The first kappa shape index (κ1) is 10.9. The second kappa shape index (κ2) is 3.91. The molecule has 0 saturated carbocycles. The minimum Gasteiger partial charge on any atom is -0.456 e. The fourth-order valence-corrected chi connectivity index (χ4v) is 2.20. The van der Waals surface area contributed by atoms with Gasteiger partial charge in [0.2, 0.25) is 0 Å². The average Bonchev–Trinajstić information content (AvgIpc) is 2.71. The van der Waals surface area contributed by atoms with Gasteiger partial charge in [-0.1, -0.05) is 17.7 Å². The smallest absolute Gasteiger partial charge is 0.137 e. The average molecular weight is 237 g/mol. The second-order valence-corrected chi connectivity index (χ2v) is 4.74. The number of nitrogen functional groups attached to an aromatic ring is 1. The van der Waals surface area contributed by atoms with Crippen LogP contribution in [-0.4, -0.2) is 0 Å². The summed E-state index contributed by atoms with van der Waals surface area (Å²) in [7, 11) is 0. The Bertz CT molecular complexity index is 725. The van der Waals surface area contributed by atoms with Gasteiger partial charge in [0.15, 0.2) is 0 Å². The molecule has 0 bridgehead atoms. The Morgan fingerprint density at radius 2 is 1.61 bits per heavy atom. The number of furan rings is 1. The Morgan fingerprint density at radius 1 is 0.889 bits per heavy atom. The van der Waals surface area contributed by atoms with Crippen LogP contribution in [0.1, 0.15) is 11.1 Å². The highest BCUT2D eigenvalue weighted by atomic mass is 16.3. The number of aryl methyl sites for hydroxylation is 2. The molecular weight excluding hydrogens is 222 g/mol. The zero-order valence-electron chi connectivity index (χ0n) is 10.5. The van der Waals surface area contributed by atoms with E-state index in [0.717, 1.165) is 33.5 Å². The normalized spacial score (nSPS) is 11.0. The van der Waals surface area contributed by atoms with Crippen molar-refractivity contribution in [1.29, 1.82) is 0 Å². The summed E-state index contributed by atoms with van der Waals surface area (Å²) in [5.41, 5.74) is 11.0. The monoisotopic (exact) mass is 237 g/mol. The third kappa shape index (κ3) is 1.76. The SMILES string of the molecule is Cc1ccc(-c2cc3cc(C)ccc3o2)c(N)c1. The van der Waals surface area contributed by atoms with Crippen molar-refractivity contribution in [3.63, 3.8) is 0 Å². The molecule has 1 heterocycles. The van der Waals surface area contributed by atoms with Crippen LogP contribution in [0.4, 0.5) is 5.69 Å². The molecular formula is C16H15NO. The fourth-order valence-electron chi connectivity index (χ4n) is 2.20. The minimum atomic E-state index is 0.755. The molecule has 90 valence electrons. The van der Waals surface area contributed by atoms with Crippen molar-refractivity contribution in [3.05, 3.63) is 53.6 Å². The maximum Gasteiger partial charge on any atom is 0.137 e. The van der Waals surface area contributed by atoms with Crippen molar-refractivity contribution in [2.24, 2.45) is 0 Å². The molecule has 3 aromatic rings. The lowest BCUT2D eigenvalue weighted by molar-refractivity contribution is 0.632. The largest absolute Gasteiger partial charge is 0.456 e. The van der Waals surface area contributed by atoms with E-state index in [0.29, 0.717) is 0 Å². The first-order valence-electron chi connectivity index (χ1n) is 6.00. The van der Waals surface area contributed by atoms with Crippen LogP contribution in [-0.2, 0) is 0 Å². The summed E-state index contributed by atoms with van der Waals surface area (Å²) in [6.45, 7) is 4.11. The van der Waals surface area contributed by atoms with Gasteiger partial charge in [-0.2, -0.15) is 0 Å². The van der Waals surface area contributed by atoms with E-state index in [4.69, 9.17) is 10.2 Å². The first-order chi connectivity index (χ1) is 8.63. The van der Waals surface area contributed by atoms with Crippen LogP contribution in [0.5, 0.6) is 0 Å². The number of hydrogen-bond acceptors (Lipinski definition) is 2. The number of fused-ring (bicyclic) bond motifs is 1. The highest BCUT2D eigenvalue weighted by molar-refractivity contribution is 5.86. The summed E-state index contributed by atoms with van der Waals surface area (Å²) in [5.74, 6) is 0.827. The van der Waals surface area contributed by atoms with Crippen molar-refractivity contribution in [2.45, 2.75) is 13.8 Å². The number of anilines is 1. The molecule has 18 heavy (non-hydrogen) atoms. The fraction of sp³-hybridized carbons (Fsp3) is 0.125. The Labute approximate surface area is 106 Å². The second-order valence-electron chi connectivity index (χ2n) is 4.74. The standard InChI is InChI=1S/C16H15NO/c1-10-4-6-15-12(7-10)9-16(18-15)13-5-3-11(2)8-14(13)17/h3-9H,17H2,1-2H3. The molecule has 2 nitrogen and oxygen atoms in total. The van der Waals surface area contributed by atoms with Gasteiger partial charge in [-0.3, -0.25) is 0 Å². The molecule has 3 rings (SSSR count). The lowest BCUT2D eigenvalue weighted by Crippen LogP contribution is -1.89. The van der Waals surface area contributed by atoms with E-state index in [2.05, 4.69) is 13.0 Å². The van der Waals surface area contributed by atoms with Crippen molar-refractivity contribution in [2.75, 3.05) is 5.73 Å². The number of nitrogens with two attached hydrogens (primary N) is 1. The highest BCUT2D eigenvalue weighted by Gasteiger charge is 2.09. The van der Waals surface area contributed by atoms with Crippen molar-refractivity contribution < 1.29 is 4.42 Å². The van der Waals surface area contributed by atoms with Crippen LogP contribution >= 0.6 is 0 Å². The summed E-state index contributed by atoms with van der Waals surface area (Å²) >= 11 is 0.